The van der Waals surface area contributed by atoms with Crippen LogP contribution in [0.1, 0.15) is 329 Å². The van der Waals surface area contributed by atoms with Gasteiger partial charge in [0.1, 0.15) is 13.2 Å². The van der Waals surface area contributed by atoms with Crippen LogP contribution in [0.4, 0.5) is 0 Å². The fraction of sp³-hybridized carbons (Fsp3) is 0.740. The Balaban J connectivity index is 4.09. The smallest absolute Gasteiger partial charge is 0.306 e. The van der Waals surface area contributed by atoms with Crippen molar-refractivity contribution in [3.63, 3.8) is 0 Å². The largest absolute Gasteiger partial charge is 0.462 e. The number of hydrogen-bond donors (Lipinski definition) is 0. The van der Waals surface area contributed by atoms with Crippen LogP contribution in [0.3, 0.4) is 0 Å². The summed E-state index contributed by atoms with van der Waals surface area (Å²) in [7, 11) is 0. The lowest BCUT2D eigenvalue weighted by Crippen LogP contribution is -2.30. The van der Waals surface area contributed by atoms with Crippen LogP contribution in [0, 0.1) is 0 Å². The molecule has 0 aromatic heterocycles. The minimum absolute atomic E-state index is 0.0758. The van der Waals surface area contributed by atoms with Crippen LogP contribution in [0.5, 0.6) is 0 Å². The van der Waals surface area contributed by atoms with Gasteiger partial charge in [-0.3, -0.25) is 14.4 Å². The van der Waals surface area contributed by atoms with Gasteiger partial charge in [0.05, 0.1) is 0 Å². The first-order chi connectivity index (χ1) is 39.0. The van der Waals surface area contributed by atoms with E-state index in [2.05, 4.69) is 118 Å². The molecular weight excluding hydrogens is 973 g/mol. The van der Waals surface area contributed by atoms with Gasteiger partial charge < -0.3 is 14.2 Å². The van der Waals surface area contributed by atoms with E-state index in [9.17, 15) is 14.4 Å². The van der Waals surface area contributed by atoms with Gasteiger partial charge in [-0.05, 0) is 103 Å². The highest BCUT2D eigenvalue weighted by Gasteiger charge is 2.19. The maximum atomic E-state index is 12.9. The van der Waals surface area contributed by atoms with Gasteiger partial charge >= 0.3 is 17.9 Å². The lowest BCUT2D eigenvalue weighted by Gasteiger charge is -2.18. The second-order valence-electron chi connectivity index (χ2n) is 22.4. The third-order valence-electron chi connectivity index (χ3n) is 14.6. The first kappa shape index (κ1) is 75.3. The topological polar surface area (TPSA) is 78.9 Å². The molecule has 0 N–H and O–H groups in total. The van der Waals surface area contributed by atoms with Crippen LogP contribution in [-0.4, -0.2) is 37.2 Å². The predicted molar refractivity (Wildman–Crippen MR) is 344 cm³/mol. The molecule has 0 rings (SSSR count). The average Bonchev–Trinajstić information content (AvgIpc) is 3.45. The van der Waals surface area contributed by atoms with Gasteiger partial charge in [-0.25, -0.2) is 0 Å². The summed E-state index contributed by atoms with van der Waals surface area (Å²) in [4.78, 5) is 38.1. The molecule has 6 heteroatoms. The van der Waals surface area contributed by atoms with E-state index < -0.39 is 6.10 Å². The maximum Gasteiger partial charge on any atom is 0.306 e. The normalized spacial score (nSPS) is 12.7. The zero-order valence-corrected chi connectivity index (χ0v) is 52.1. The Labute approximate surface area is 489 Å². The highest BCUT2D eigenvalue weighted by atomic mass is 16.6. The number of unbranched alkanes of at least 4 members (excludes halogenated alkanes) is 34. The molecule has 0 amide bonds. The Morgan fingerprint density at radius 2 is 0.494 bits per heavy atom. The van der Waals surface area contributed by atoms with Gasteiger partial charge in [-0.15, -0.1) is 0 Å². The zero-order valence-electron chi connectivity index (χ0n) is 52.1. The summed E-state index contributed by atoms with van der Waals surface area (Å²) in [6, 6.07) is 0. The second kappa shape index (κ2) is 66.8. The van der Waals surface area contributed by atoms with Crippen molar-refractivity contribution in [2.75, 3.05) is 13.2 Å². The molecule has 0 aliphatic carbocycles. The molecule has 1 atom stereocenters. The number of esters is 3. The minimum Gasteiger partial charge on any atom is -0.462 e. The van der Waals surface area contributed by atoms with E-state index in [0.29, 0.717) is 19.3 Å². The highest BCUT2D eigenvalue weighted by molar-refractivity contribution is 5.71. The second-order valence-corrected chi connectivity index (χ2v) is 22.4. The Bertz CT molecular complexity index is 1540. The molecule has 0 aromatic carbocycles. The molecule has 0 aromatic rings. The van der Waals surface area contributed by atoms with Crippen molar-refractivity contribution in [2.45, 2.75) is 335 Å². The lowest BCUT2D eigenvalue weighted by atomic mass is 10.0. The third-order valence-corrected chi connectivity index (χ3v) is 14.6. The molecule has 454 valence electrons. The van der Waals surface area contributed by atoms with Gasteiger partial charge in [-0.2, -0.15) is 0 Å². The van der Waals surface area contributed by atoms with Crippen molar-refractivity contribution in [3.05, 3.63) is 97.2 Å². The van der Waals surface area contributed by atoms with Crippen molar-refractivity contribution < 1.29 is 28.6 Å². The van der Waals surface area contributed by atoms with Crippen LogP contribution in [0.2, 0.25) is 0 Å². The highest BCUT2D eigenvalue weighted by Crippen LogP contribution is 2.17. The third kappa shape index (κ3) is 65.0. The maximum absolute atomic E-state index is 12.9. The molecule has 79 heavy (non-hydrogen) atoms. The number of carbonyl (C=O) groups is 3. The fourth-order valence-electron chi connectivity index (χ4n) is 9.54. The molecule has 0 saturated heterocycles. The zero-order chi connectivity index (χ0) is 57.1. The van der Waals surface area contributed by atoms with Gasteiger partial charge in [0, 0.05) is 19.3 Å². The molecule has 0 spiro atoms. The van der Waals surface area contributed by atoms with Gasteiger partial charge in [0.25, 0.3) is 0 Å². The summed E-state index contributed by atoms with van der Waals surface area (Å²) < 4.78 is 16.9. The summed E-state index contributed by atoms with van der Waals surface area (Å²) in [5, 5.41) is 0. The Kier molecular flexibility index (Phi) is 63.7. The standard InChI is InChI=1S/C73H126O6/c1-4-7-10-13-16-18-20-22-24-26-28-30-31-32-33-34-35-36-37-38-39-40-41-43-44-46-48-50-52-54-57-60-63-66-72(75)78-69-70(68-77-71(74)65-62-59-56-15-12-9-6-3)79-73(76)67-64-61-58-55-53-51-49-47-45-42-29-27-25-23-21-19-17-14-11-8-5-2/h7,10,16,18,22,24,27-30,32-33,35-36,38-39,70H,4-6,8-9,11-15,17,19-21,23,25-26,31,34,37,40-69H2,1-3H3/b10-7-,18-16-,24-22-,29-27-,30-28-,33-32-,36-35-,39-38-. The number of ether oxygens (including phenoxy) is 3. The van der Waals surface area contributed by atoms with E-state index in [4.69, 9.17) is 14.2 Å². The van der Waals surface area contributed by atoms with Crippen molar-refractivity contribution in [1.29, 1.82) is 0 Å². The quantitative estimate of drug-likeness (QED) is 0.0261. The minimum atomic E-state index is -0.777. The molecule has 0 saturated carbocycles. The average molecular weight is 1100 g/mol. The van der Waals surface area contributed by atoms with E-state index in [0.717, 1.165) is 103 Å². The lowest BCUT2D eigenvalue weighted by molar-refractivity contribution is -0.167. The van der Waals surface area contributed by atoms with Crippen LogP contribution in [-0.2, 0) is 28.6 Å². The predicted octanol–water partition coefficient (Wildman–Crippen LogP) is 23.2. The molecule has 0 aliphatic rings. The summed E-state index contributed by atoms with van der Waals surface area (Å²) >= 11 is 0. The molecule has 0 aliphatic heterocycles. The molecule has 6 nitrogen and oxygen atoms in total. The molecule has 0 fully saturated rings. The van der Waals surface area contributed by atoms with Crippen LogP contribution in [0.25, 0.3) is 0 Å². The van der Waals surface area contributed by atoms with Crippen LogP contribution in [0.15, 0.2) is 97.2 Å². The first-order valence-corrected chi connectivity index (χ1v) is 33.7. The van der Waals surface area contributed by atoms with Crippen molar-refractivity contribution in [3.8, 4) is 0 Å². The van der Waals surface area contributed by atoms with E-state index in [1.165, 1.54) is 186 Å². The Morgan fingerprint density at radius 1 is 0.266 bits per heavy atom. The van der Waals surface area contributed by atoms with E-state index in [-0.39, 0.29) is 31.1 Å². The summed E-state index contributed by atoms with van der Waals surface area (Å²) in [6.45, 7) is 6.51. The molecule has 0 heterocycles. The monoisotopic (exact) mass is 1100 g/mol. The van der Waals surface area contributed by atoms with Crippen molar-refractivity contribution >= 4 is 17.9 Å². The Morgan fingerprint density at radius 3 is 0.785 bits per heavy atom. The summed E-state index contributed by atoms with van der Waals surface area (Å²) in [5.74, 6) is -0.876. The van der Waals surface area contributed by atoms with E-state index in [1.54, 1.807) is 0 Å². The number of allylic oxidation sites excluding steroid dienone is 16. The first-order valence-electron chi connectivity index (χ1n) is 33.7. The van der Waals surface area contributed by atoms with Crippen LogP contribution >= 0.6 is 0 Å². The van der Waals surface area contributed by atoms with Crippen molar-refractivity contribution in [1.82, 2.24) is 0 Å². The van der Waals surface area contributed by atoms with Gasteiger partial charge in [0.2, 0.25) is 0 Å². The number of rotatable bonds is 61. The van der Waals surface area contributed by atoms with Gasteiger partial charge in [-0.1, -0.05) is 304 Å². The molecule has 0 radical (unpaired) electrons. The number of hydrogen-bond acceptors (Lipinski definition) is 6. The molecular formula is C73H126O6. The van der Waals surface area contributed by atoms with E-state index in [1.807, 2.05) is 0 Å². The summed E-state index contributed by atoms with van der Waals surface area (Å²) in [5.41, 5.74) is 0. The Hall–Kier alpha value is -3.67. The van der Waals surface area contributed by atoms with Crippen LogP contribution < -0.4 is 0 Å². The van der Waals surface area contributed by atoms with Crippen molar-refractivity contribution in [2.24, 2.45) is 0 Å². The summed E-state index contributed by atoms with van der Waals surface area (Å²) in [6.07, 6.45) is 90.2. The fourth-order valence-corrected chi connectivity index (χ4v) is 9.54. The SMILES string of the molecule is CC/C=C\C/C=C\C/C=C\C/C=C\C/C=C\C/C=C\C/C=C\CCCCCCCCCCCCCC(=O)OCC(COC(=O)CCCCCCCCC)OC(=O)CCCCCCCCCCC/C=C\CCCCCCCCCC. The number of carbonyl (C=O) groups excluding carboxylic acids is 3. The molecule has 1 unspecified atom stereocenters. The van der Waals surface area contributed by atoms with Gasteiger partial charge in [0.15, 0.2) is 6.10 Å². The molecule has 0 bridgehead atoms. The van der Waals surface area contributed by atoms with E-state index >= 15 is 0 Å².